The predicted octanol–water partition coefficient (Wildman–Crippen LogP) is 3.45. The molecule has 0 bridgehead atoms. The Labute approximate surface area is 97.4 Å². The van der Waals surface area contributed by atoms with Crippen molar-refractivity contribution in [2.45, 2.75) is 25.9 Å². The number of alkyl halides is 3. The Morgan fingerprint density at radius 2 is 1.94 bits per heavy atom. The summed E-state index contributed by atoms with van der Waals surface area (Å²) < 4.78 is 42.7. The highest BCUT2D eigenvalue weighted by atomic mass is 19.4. The lowest BCUT2D eigenvalue weighted by Crippen LogP contribution is -2.09. The molecule has 0 unspecified atom stereocenters. The summed E-state index contributed by atoms with van der Waals surface area (Å²) in [6.45, 7) is 1.54. The Balaban J connectivity index is 2.62. The Hall–Kier alpha value is -1.52. The summed E-state index contributed by atoms with van der Waals surface area (Å²) in [5.41, 5.74) is -0.789. The number of para-hydroxylation sites is 1. The van der Waals surface area contributed by atoms with E-state index in [2.05, 4.69) is 0 Å². The van der Waals surface area contributed by atoms with E-state index in [0.717, 1.165) is 6.07 Å². The topological polar surface area (TPSA) is 26.3 Å². The average Bonchev–Trinajstić information content (AvgIpc) is 2.23. The predicted molar refractivity (Wildman–Crippen MR) is 56.9 cm³/mol. The number of carbonyl (C=O) groups excluding carboxylic acids is 1. The molecular weight excluding hydrogens is 233 g/mol. The van der Waals surface area contributed by atoms with Gasteiger partial charge in [-0.1, -0.05) is 12.1 Å². The van der Waals surface area contributed by atoms with Crippen LogP contribution in [0.4, 0.5) is 13.2 Å². The number of Topliss-reactive ketones (excluding diaryl/α,β-unsaturated/α-hetero) is 1. The van der Waals surface area contributed by atoms with E-state index in [1.54, 1.807) is 0 Å². The van der Waals surface area contributed by atoms with Crippen molar-refractivity contribution in [3.63, 3.8) is 0 Å². The third-order valence-electron chi connectivity index (χ3n) is 2.12. The molecule has 0 aliphatic heterocycles. The van der Waals surface area contributed by atoms with Crippen LogP contribution in [-0.4, -0.2) is 12.4 Å². The lowest BCUT2D eigenvalue weighted by molar-refractivity contribution is -0.139. The average molecular weight is 246 g/mol. The third-order valence-corrected chi connectivity index (χ3v) is 2.12. The van der Waals surface area contributed by atoms with Crippen molar-refractivity contribution >= 4 is 5.78 Å². The van der Waals surface area contributed by atoms with E-state index in [4.69, 9.17) is 4.74 Å². The van der Waals surface area contributed by atoms with Gasteiger partial charge in [-0.2, -0.15) is 13.2 Å². The molecule has 0 heterocycles. The van der Waals surface area contributed by atoms with Crippen molar-refractivity contribution in [1.29, 1.82) is 0 Å². The molecule has 1 aromatic rings. The van der Waals surface area contributed by atoms with Gasteiger partial charge in [0.05, 0.1) is 12.2 Å². The molecule has 0 aliphatic rings. The summed E-state index contributed by atoms with van der Waals surface area (Å²) in [4.78, 5) is 10.6. The first-order valence-corrected chi connectivity index (χ1v) is 5.19. The first-order chi connectivity index (χ1) is 7.91. The van der Waals surface area contributed by atoms with Gasteiger partial charge < -0.3 is 9.53 Å². The van der Waals surface area contributed by atoms with E-state index in [1.807, 2.05) is 0 Å². The molecule has 1 rings (SSSR count). The minimum atomic E-state index is -4.42. The SMILES string of the molecule is CC(=O)CCCOc1ccccc1C(F)(F)F. The highest BCUT2D eigenvalue weighted by molar-refractivity contribution is 5.75. The van der Waals surface area contributed by atoms with Crippen LogP contribution in [0.2, 0.25) is 0 Å². The first-order valence-electron chi connectivity index (χ1n) is 5.19. The minimum absolute atomic E-state index is 0.00212. The molecule has 0 radical (unpaired) electrons. The molecule has 0 N–H and O–H groups in total. The fourth-order valence-electron chi connectivity index (χ4n) is 1.33. The molecule has 17 heavy (non-hydrogen) atoms. The van der Waals surface area contributed by atoms with Gasteiger partial charge in [0.1, 0.15) is 11.5 Å². The standard InChI is InChI=1S/C12H13F3O2/c1-9(16)5-4-8-17-11-7-3-2-6-10(11)12(13,14)15/h2-3,6-7H,4-5,8H2,1H3. The fraction of sp³-hybridized carbons (Fsp3) is 0.417. The second-order valence-corrected chi connectivity index (χ2v) is 3.65. The van der Waals surface area contributed by atoms with Gasteiger partial charge in [-0.15, -0.1) is 0 Å². The van der Waals surface area contributed by atoms with Crippen LogP contribution in [0.1, 0.15) is 25.3 Å². The third kappa shape index (κ3) is 4.46. The minimum Gasteiger partial charge on any atom is -0.493 e. The molecule has 0 atom stereocenters. The Morgan fingerprint density at radius 3 is 2.53 bits per heavy atom. The van der Waals surface area contributed by atoms with Crippen molar-refractivity contribution in [2.24, 2.45) is 0 Å². The van der Waals surface area contributed by atoms with Gasteiger partial charge in [0.2, 0.25) is 0 Å². The number of rotatable bonds is 5. The van der Waals surface area contributed by atoms with Crippen molar-refractivity contribution in [1.82, 2.24) is 0 Å². The van der Waals surface area contributed by atoms with E-state index in [9.17, 15) is 18.0 Å². The Morgan fingerprint density at radius 1 is 1.29 bits per heavy atom. The van der Waals surface area contributed by atoms with E-state index < -0.39 is 11.7 Å². The maximum Gasteiger partial charge on any atom is 0.419 e. The Bertz CT molecular complexity index is 386. The fourth-order valence-corrected chi connectivity index (χ4v) is 1.33. The lowest BCUT2D eigenvalue weighted by Gasteiger charge is -2.13. The van der Waals surface area contributed by atoms with Crippen LogP contribution in [0.25, 0.3) is 0 Å². The molecule has 5 heteroatoms. The molecule has 0 spiro atoms. The molecule has 1 aromatic carbocycles. The molecular formula is C12H13F3O2. The van der Waals surface area contributed by atoms with Crippen molar-refractivity contribution in [2.75, 3.05) is 6.61 Å². The monoisotopic (exact) mass is 246 g/mol. The number of carbonyl (C=O) groups is 1. The summed E-state index contributed by atoms with van der Waals surface area (Å²) in [7, 11) is 0. The largest absolute Gasteiger partial charge is 0.493 e. The number of ether oxygens (including phenoxy) is 1. The van der Waals surface area contributed by atoms with E-state index >= 15 is 0 Å². The van der Waals surface area contributed by atoms with Crippen LogP contribution in [0.5, 0.6) is 5.75 Å². The van der Waals surface area contributed by atoms with Crippen molar-refractivity contribution in [3.05, 3.63) is 29.8 Å². The number of ketones is 1. The second kappa shape index (κ2) is 5.70. The van der Waals surface area contributed by atoms with Gasteiger partial charge in [0, 0.05) is 6.42 Å². The highest BCUT2D eigenvalue weighted by Gasteiger charge is 2.33. The molecule has 0 aliphatic carbocycles. The Kier molecular flexibility index (Phi) is 4.54. The van der Waals surface area contributed by atoms with Gasteiger partial charge in [0.25, 0.3) is 0 Å². The smallest absolute Gasteiger partial charge is 0.419 e. The van der Waals surface area contributed by atoms with Gasteiger partial charge >= 0.3 is 6.18 Å². The van der Waals surface area contributed by atoms with Gasteiger partial charge in [-0.05, 0) is 25.5 Å². The number of benzene rings is 1. The maximum absolute atomic E-state index is 12.6. The molecule has 0 saturated carbocycles. The molecule has 2 nitrogen and oxygen atoms in total. The summed E-state index contributed by atoms with van der Waals surface area (Å²) in [6.07, 6.45) is -3.69. The van der Waals surface area contributed by atoms with Gasteiger partial charge in [0.15, 0.2) is 0 Å². The van der Waals surface area contributed by atoms with Crippen LogP contribution < -0.4 is 4.74 Å². The zero-order valence-corrected chi connectivity index (χ0v) is 9.38. The summed E-state index contributed by atoms with van der Waals surface area (Å²) in [6, 6.07) is 5.04. The summed E-state index contributed by atoms with van der Waals surface area (Å²) >= 11 is 0. The van der Waals surface area contributed by atoms with E-state index in [1.165, 1.54) is 25.1 Å². The molecule has 0 fully saturated rings. The molecule has 94 valence electrons. The summed E-state index contributed by atoms with van der Waals surface area (Å²) in [5.74, 6) is -0.193. The van der Waals surface area contributed by atoms with Crippen LogP contribution in [0.3, 0.4) is 0 Å². The van der Waals surface area contributed by atoms with E-state index in [0.29, 0.717) is 12.8 Å². The summed E-state index contributed by atoms with van der Waals surface area (Å²) in [5, 5.41) is 0. The number of hydrogen-bond acceptors (Lipinski definition) is 2. The van der Waals surface area contributed by atoms with E-state index in [-0.39, 0.29) is 18.1 Å². The highest BCUT2D eigenvalue weighted by Crippen LogP contribution is 2.35. The number of hydrogen-bond donors (Lipinski definition) is 0. The van der Waals surface area contributed by atoms with Crippen LogP contribution in [0.15, 0.2) is 24.3 Å². The van der Waals surface area contributed by atoms with Crippen molar-refractivity contribution in [3.8, 4) is 5.75 Å². The maximum atomic E-state index is 12.6. The lowest BCUT2D eigenvalue weighted by atomic mass is 10.2. The molecule has 0 aromatic heterocycles. The zero-order valence-electron chi connectivity index (χ0n) is 9.38. The quantitative estimate of drug-likeness (QED) is 0.744. The second-order valence-electron chi connectivity index (χ2n) is 3.65. The normalized spacial score (nSPS) is 11.3. The first kappa shape index (κ1) is 13.5. The number of halogens is 3. The van der Waals surface area contributed by atoms with Crippen LogP contribution in [-0.2, 0) is 11.0 Å². The molecule has 0 amide bonds. The zero-order chi connectivity index (χ0) is 12.9. The van der Waals surface area contributed by atoms with Crippen molar-refractivity contribution < 1.29 is 22.7 Å². The van der Waals surface area contributed by atoms with Crippen LogP contribution >= 0.6 is 0 Å². The van der Waals surface area contributed by atoms with Gasteiger partial charge in [-0.25, -0.2) is 0 Å². The van der Waals surface area contributed by atoms with Crippen LogP contribution in [0, 0.1) is 0 Å². The molecule has 0 saturated heterocycles. The van der Waals surface area contributed by atoms with Gasteiger partial charge in [-0.3, -0.25) is 0 Å².